The minimum absolute atomic E-state index is 0.00215. The normalized spacial score (nSPS) is 23.4. The lowest BCUT2D eigenvalue weighted by molar-refractivity contribution is 0.193. The molecule has 1 aliphatic heterocycles. The lowest BCUT2D eigenvalue weighted by Crippen LogP contribution is -2.38. The number of rotatable bonds is 6. The van der Waals surface area contributed by atoms with Crippen LogP contribution in [0.15, 0.2) is 60.7 Å². The highest BCUT2D eigenvalue weighted by Crippen LogP contribution is 2.65. The van der Waals surface area contributed by atoms with Gasteiger partial charge in [-0.15, -0.1) is 0 Å². The van der Waals surface area contributed by atoms with Crippen LogP contribution in [0.2, 0.25) is 0 Å². The van der Waals surface area contributed by atoms with Gasteiger partial charge in [0.25, 0.3) is 0 Å². The molecule has 5 rings (SSSR count). The predicted octanol–water partition coefficient (Wildman–Crippen LogP) is 8.71. The Morgan fingerprint density at radius 3 is 1.62 bits per heavy atom. The van der Waals surface area contributed by atoms with Crippen LogP contribution in [-0.4, -0.2) is 29.3 Å². The number of piperidine rings is 1. The number of nitrogens with zero attached hydrogens (tertiary/aromatic N) is 1. The maximum absolute atomic E-state index is 2.96. The van der Waals surface area contributed by atoms with Gasteiger partial charge in [0.2, 0.25) is 0 Å². The van der Waals surface area contributed by atoms with E-state index in [0.29, 0.717) is 5.78 Å². The van der Waals surface area contributed by atoms with Gasteiger partial charge in [0.1, 0.15) is 0 Å². The van der Waals surface area contributed by atoms with Crippen LogP contribution in [0, 0.1) is 0 Å². The van der Waals surface area contributed by atoms with Crippen molar-refractivity contribution in [1.82, 2.24) is 4.90 Å². The first-order chi connectivity index (χ1) is 15.9. The molecule has 2 aromatic rings. The Labute approximate surface area is 197 Å². The average Bonchev–Trinajstić information content (AvgIpc) is 2.89. The Bertz CT molecular complexity index is 768. The molecule has 1 saturated heterocycles. The number of likely N-dealkylation sites (tertiary alicyclic amines) is 1. The second-order valence-electron chi connectivity index (χ2n) is 10.5. The van der Waals surface area contributed by atoms with Crippen molar-refractivity contribution in [3.8, 4) is 0 Å². The molecule has 0 amide bonds. The van der Waals surface area contributed by atoms with Gasteiger partial charge in [-0.2, -0.15) is 0 Å². The van der Waals surface area contributed by atoms with Gasteiger partial charge in [-0.05, 0) is 80.0 Å². The third kappa shape index (κ3) is 5.31. The summed E-state index contributed by atoms with van der Waals surface area (Å²) in [5.41, 5.74) is 5.19. The molecule has 0 aromatic heterocycles. The van der Waals surface area contributed by atoms with E-state index < -0.39 is 0 Å². The highest BCUT2D eigenvalue weighted by molar-refractivity contribution is 7.59. The molecular formula is C30H42NP. The molecule has 0 bridgehead atoms. The standard InChI is InChI=1S/C30H42NP/c1-5-13-25(14-6-1)26-21-23-31(24-22-26)30(27-15-7-2-8-16-27)32(28-17-9-3-10-18-28)29-19-11-4-12-20-29/h1-2,5-8,13-16,26,28-30H,3-4,9-12,17-24H2. The zero-order valence-electron chi connectivity index (χ0n) is 19.9. The molecule has 0 spiro atoms. The van der Waals surface area contributed by atoms with Crippen molar-refractivity contribution in [2.45, 2.75) is 100 Å². The van der Waals surface area contributed by atoms with E-state index in [4.69, 9.17) is 0 Å². The van der Waals surface area contributed by atoms with Gasteiger partial charge in [0.05, 0.1) is 5.78 Å². The van der Waals surface area contributed by atoms with Gasteiger partial charge >= 0.3 is 0 Å². The summed E-state index contributed by atoms with van der Waals surface area (Å²) in [7, 11) is -0.00215. The Kier molecular flexibility index (Phi) is 7.99. The van der Waals surface area contributed by atoms with Crippen molar-refractivity contribution in [2.24, 2.45) is 0 Å². The summed E-state index contributed by atoms with van der Waals surface area (Å²) in [6.45, 7) is 2.55. The van der Waals surface area contributed by atoms with E-state index in [9.17, 15) is 0 Å². The second kappa shape index (κ2) is 11.3. The average molecular weight is 448 g/mol. The summed E-state index contributed by atoms with van der Waals surface area (Å²) in [6.07, 6.45) is 17.5. The van der Waals surface area contributed by atoms with E-state index in [1.165, 1.54) is 90.1 Å². The summed E-state index contributed by atoms with van der Waals surface area (Å²) >= 11 is 0. The van der Waals surface area contributed by atoms with Crippen molar-refractivity contribution in [3.05, 3.63) is 71.8 Å². The minimum atomic E-state index is -0.00215. The smallest absolute Gasteiger partial charge is 0.0551 e. The van der Waals surface area contributed by atoms with E-state index in [0.717, 1.165) is 17.2 Å². The summed E-state index contributed by atoms with van der Waals surface area (Å²) in [6, 6.07) is 23.1. The molecule has 2 heteroatoms. The fraction of sp³-hybridized carbons (Fsp3) is 0.600. The van der Waals surface area contributed by atoms with Crippen LogP contribution in [0.25, 0.3) is 0 Å². The summed E-state index contributed by atoms with van der Waals surface area (Å²) in [5.74, 6) is 1.44. The summed E-state index contributed by atoms with van der Waals surface area (Å²) in [4.78, 5) is 2.96. The quantitative estimate of drug-likeness (QED) is 0.400. The molecule has 1 unspecified atom stereocenters. The Morgan fingerprint density at radius 2 is 1.09 bits per heavy atom. The van der Waals surface area contributed by atoms with Gasteiger partial charge in [-0.25, -0.2) is 0 Å². The van der Waals surface area contributed by atoms with Crippen LogP contribution in [0.3, 0.4) is 0 Å². The molecule has 1 atom stereocenters. The van der Waals surface area contributed by atoms with Gasteiger partial charge < -0.3 is 0 Å². The SMILES string of the molecule is c1ccc(C2CCN(C(c3ccccc3)P(C3CCCCC3)C3CCCCC3)CC2)cc1. The van der Waals surface area contributed by atoms with E-state index >= 15 is 0 Å². The molecule has 2 aromatic carbocycles. The van der Waals surface area contributed by atoms with Gasteiger partial charge in [-0.1, -0.05) is 107 Å². The largest absolute Gasteiger partial charge is 0.292 e. The predicted molar refractivity (Wildman–Crippen MR) is 140 cm³/mol. The maximum atomic E-state index is 2.96. The van der Waals surface area contributed by atoms with E-state index in [1.807, 2.05) is 0 Å². The lowest BCUT2D eigenvalue weighted by atomic mass is 9.89. The molecule has 1 heterocycles. The van der Waals surface area contributed by atoms with Crippen LogP contribution >= 0.6 is 7.92 Å². The number of benzene rings is 2. The van der Waals surface area contributed by atoms with Crippen molar-refractivity contribution < 1.29 is 0 Å². The summed E-state index contributed by atoms with van der Waals surface area (Å²) in [5, 5.41) is 0. The van der Waals surface area contributed by atoms with Gasteiger partial charge in [0.15, 0.2) is 0 Å². The third-order valence-corrected chi connectivity index (χ3v) is 12.4. The highest BCUT2D eigenvalue weighted by Gasteiger charge is 2.40. The third-order valence-electron chi connectivity index (χ3n) is 8.52. The first kappa shape index (κ1) is 22.6. The van der Waals surface area contributed by atoms with E-state index in [2.05, 4.69) is 65.6 Å². The monoisotopic (exact) mass is 447 g/mol. The minimum Gasteiger partial charge on any atom is -0.292 e. The number of hydrogen-bond acceptors (Lipinski definition) is 1. The van der Waals surface area contributed by atoms with Crippen molar-refractivity contribution in [3.63, 3.8) is 0 Å². The lowest BCUT2D eigenvalue weighted by Gasteiger charge is -2.49. The molecule has 2 saturated carbocycles. The summed E-state index contributed by atoms with van der Waals surface area (Å²) < 4.78 is 0. The second-order valence-corrected chi connectivity index (χ2v) is 13.4. The van der Waals surface area contributed by atoms with E-state index in [1.54, 1.807) is 11.1 Å². The first-order valence-corrected chi connectivity index (χ1v) is 15.1. The molecule has 32 heavy (non-hydrogen) atoms. The maximum Gasteiger partial charge on any atom is 0.0551 e. The topological polar surface area (TPSA) is 3.24 Å². The van der Waals surface area contributed by atoms with Crippen LogP contribution in [0.1, 0.15) is 99.9 Å². The molecule has 172 valence electrons. The van der Waals surface area contributed by atoms with Gasteiger partial charge in [0, 0.05) is 0 Å². The Balaban J connectivity index is 1.41. The fourth-order valence-corrected chi connectivity index (χ4v) is 11.3. The van der Waals surface area contributed by atoms with Gasteiger partial charge in [-0.3, -0.25) is 4.90 Å². The molecule has 2 aliphatic carbocycles. The first-order valence-electron chi connectivity index (χ1n) is 13.5. The zero-order valence-corrected chi connectivity index (χ0v) is 20.8. The molecule has 0 N–H and O–H groups in total. The molecule has 0 radical (unpaired) electrons. The molecule has 3 fully saturated rings. The fourth-order valence-electron chi connectivity index (χ4n) is 6.86. The van der Waals surface area contributed by atoms with E-state index in [-0.39, 0.29) is 7.92 Å². The number of hydrogen-bond donors (Lipinski definition) is 0. The van der Waals surface area contributed by atoms with Crippen LogP contribution in [0.4, 0.5) is 0 Å². The Hall–Kier alpha value is -1.17. The van der Waals surface area contributed by atoms with Crippen molar-refractivity contribution >= 4 is 7.92 Å². The van der Waals surface area contributed by atoms with Crippen molar-refractivity contribution in [1.29, 1.82) is 0 Å². The van der Waals surface area contributed by atoms with Crippen LogP contribution < -0.4 is 0 Å². The molecule has 3 aliphatic rings. The molecular weight excluding hydrogens is 405 g/mol. The van der Waals surface area contributed by atoms with Crippen LogP contribution in [0.5, 0.6) is 0 Å². The zero-order chi connectivity index (χ0) is 21.6. The molecule has 1 nitrogen and oxygen atoms in total. The van der Waals surface area contributed by atoms with Crippen molar-refractivity contribution in [2.75, 3.05) is 13.1 Å². The van der Waals surface area contributed by atoms with Crippen LogP contribution in [-0.2, 0) is 0 Å². The Morgan fingerprint density at radius 1 is 0.594 bits per heavy atom. The highest BCUT2D eigenvalue weighted by atomic mass is 31.1.